The summed E-state index contributed by atoms with van der Waals surface area (Å²) in [4.78, 5) is 37.4. The molecular formula is C32H46F2O8. The lowest BCUT2D eigenvalue weighted by Gasteiger charge is -2.63. The van der Waals surface area contributed by atoms with Crippen molar-refractivity contribution in [3.05, 3.63) is 23.8 Å². The molecule has 0 saturated heterocycles. The van der Waals surface area contributed by atoms with Crippen LogP contribution in [0.2, 0.25) is 0 Å². The number of aliphatic carboxylic acids is 1. The molecule has 2 unspecified atom stereocenters. The van der Waals surface area contributed by atoms with Crippen molar-refractivity contribution in [2.75, 3.05) is 0 Å². The summed E-state index contributed by atoms with van der Waals surface area (Å²) in [5, 5.41) is 44.7. The van der Waals surface area contributed by atoms with Crippen LogP contribution in [-0.4, -0.2) is 73.4 Å². The van der Waals surface area contributed by atoms with Crippen LogP contribution in [0.1, 0.15) is 92.4 Å². The molecule has 8 nitrogen and oxygen atoms in total. The summed E-state index contributed by atoms with van der Waals surface area (Å²) < 4.78 is 39.1. The normalized spacial score (nSPS) is 43.0. The standard InChI is InChI=1S/C32H46F2O8/c1-6-19(3)42-30(40,12-9-7-8-10-26(37)38)27(39)32(41)18(2)14-21-22-16-24(33)23-15-20(35)11-13-28(23,4)31(22,34)25(36)17-29(21,32)5/h11,13,15,18-19,21-22,24-25,36,40-41H,6-10,12,14,16-17H2,1-5H3,(H,37,38)/t18-,19?,21+,22+,24+,25+,28+,29+,30?,31+,32+/m1/s1. The molecule has 0 radical (unpaired) electrons. The van der Waals surface area contributed by atoms with E-state index in [0.717, 1.165) is 6.08 Å². The molecule has 10 heteroatoms. The third-order valence-electron chi connectivity index (χ3n) is 11.3. The second-order valence-electron chi connectivity index (χ2n) is 13.7. The molecule has 4 rings (SSSR count). The number of allylic oxidation sites excluding steroid dienone is 4. The van der Waals surface area contributed by atoms with E-state index in [9.17, 15) is 29.7 Å². The quantitative estimate of drug-likeness (QED) is 0.203. The van der Waals surface area contributed by atoms with E-state index >= 15 is 8.78 Å². The highest BCUT2D eigenvalue weighted by Gasteiger charge is 2.77. The minimum Gasteiger partial charge on any atom is -0.481 e. The second kappa shape index (κ2) is 11.2. The molecule has 4 aliphatic carbocycles. The molecule has 3 fully saturated rings. The molecule has 4 N–H and O–H groups in total. The number of halogens is 2. The zero-order valence-electron chi connectivity index (χ0n) is 25.2. The predicted molar refractivity (Wildman–Crippen MR) is 150 cm³/mol. The number of rotatable bonds is 11. The van der Waals surface area contributed by atoms with Crippen LogP contribution in [0.5, 0.6) is 0 Å². The Balaban J connectivity index is 1.71. The summed E-state index contributed by atoms with van der Waals surface area (Å²) in [6, 6.07) is 0. The Hall–Kier alpha value is -2.01. The topological polar surface area (TPSA) is 141 Å². The number of fused-ring (bicyclic) bond motifs is 5. The van der Waals surface area contributed by atoms with Gasteiger partial charge in [-0.15, -0.1) is 0 Å². The maximum absolute atomic E-state index is 17.5. The van der Waals surface area contributed by atoms with Crippen molar-refractivity contribution in [3.8, 4) is 0 Å². The predicted octanol–water partition coefficient (Wildman–Crippen LogP) is 4.39. The van der Waals surface area contributed by atoms with Crippen molar-refractivity contribution in [2.45, 2.75) is 128 Å². The van der Waals surface area contributed by atoms with Crippen molar-refractivity contribution in [1.29, 1.82) is 0 Å². The van der Waals surface area contributed by atoms with E-state index < -0.39 is 81.6 Å². The van der Waals surface area contributed by atoms with Crippen molar-refractivity contribution < 1.29 is 48.3 Å². The number of Topliss-reactive ketones (excluding diaryl/α,β-unsaturated/α-hetero) is 1. The fourth-order valence-corrected chi connectivity index (χ4v) is 8.78. The van der Waals surface area contributed by atoms with Crippen molar-refractivity contribution >= 4 is 17.5 Å². The first kappa shape index (κ1) is 32.9. The van der Waals surface area contributed by atoms with Gasteiger partial charge in [0.2, 0.25) is 11.6 Å². The summed E-state index contributed by atoms with van der Waals surface area (Å²) in [5.41, 5.74) is -7.61. The fourth-order valence-electron chi connectivity index (χ4n) is 8.78. The number of aliphatic hydroxyl groups excluding tert-OH is 1. The minimum atomic E-state index is -2.40. The monoisotopic (exact) mass is 596 g/mol. The first-order valence-corrected chi connectivity index (χ1v) is 15.3. The van der Waals surface area contributed by atoms with Gasteiger partial charge in [-0.25, -0.2) is 8.78 Å². The van der Waals surface area contributed by atoms with Gasteiger partial charge in [-0.1, -0.05) is 33.3 Å². The van der Waals surface area contributed by atoms with Crippen LogP contribution in [0.3, 0.4) is 0 Å². The molecule has 236 valence electrons. The molecule has 0 aromatic carbocycles. The third kappa shape index (κ3) is 4.72. The first-order chi connectivity index (χ1) is 19.4. The van der Waals surface area contributed by atoms with E-state index in [1.165, 1.54) is 19.1 Å². The van der Waals surface area contributed by atoms with Gasteiger partial charge in [-0.2, -0.15) is 0 Å². The number of alkyl halides is 2. The number of unbranched alkanes of at least 4 members (excludes halogenated alkanes) is 2. The molecule has 3 saturated carbocycles. The molecule has 42 heavy (non-hydrogen) atoms. The Morgan fingerprint density at radius 3 is 2.48 bits per heavy atom. The van der Waals surface area contributed by atoms with E-state index in [1.807, 2.05) is 6.92 Å². The number of carbonyl (C=O) groups is 3. The molecule has 0 aliphatic heterocycles. The maximum atomic E-state index is 17.5. The number of aliphatic hydroxyl groups is 3. The van der Waals surface area contributed by atoms with Crippen molar-refractivity contribution in [1.82, 2.24) is 0 Å². The Bertz CT molecular complexity index is 1170. The lowest BCUT2D eigenvalue weighted by molar-refractivity contribution is -0.257. The molecule has 0 spiro atoms. The van der Waals surface area contributed by atoms with Crippen LogP contribution >= 0.6 is 0 Å². The smallest absolute Gasteiger partial charge is 0.303 e. The van der Waals surface area contributed by atoms with Gasteiger partial charge in [0.25, 0.3) is 0 Å². The number of hydrogen-bond donors (Lipinski definition) is 4. The lowest BCUT2D eigenvalue weighted by Crippen LogP contribution is -2.71. The Morgan fingerprint density at radius 1 is 1.19 bits per heavy atom. The van der Waals surface area contributed by atoms with E-state index in [0.29, 0.717) is 19.3 Å². The largest absolute Gasteiger partial charge is 0.481 e. The van der Waals surface area contributed by atoms with Crippen LogP contribution in [0.15, 0.2) is 23.8 Å². The Kier molecular flexibility index (Phi) is 8.75. The zero-order chi connectivity index (χ0) is 31.5. The number of ketones is 2. The highest BCUT2D eigenvalue weighted by molar-refractivity contribution is 6.01. The number of ether oxygens (including phenoxy) is 1. The third-order valence-corrected chi connectivity index (χ3v) is 11.3. The number of carbonyl (C=O) groups excluding carboxylic acids is 2. The maximum Gasteiger partial charge on any atom is 0.303 e. The second-order valence-corrected chi connectivity index (χ2v) is 13.7. The van der Waals surface area contributed by atoms with Crippen LogP contribution in [0.25, 0.3) is 0 Å². The van der Waals surface area contributed by atoms with Gasteiger partial charge in [0.1, 0.15) is 11.8 Å². The molecule has 0 amide bonds. The average molecular weight is 597 g/mol. The summed E-state index contributed by atoms with van der Waals surface area (Å²) >= 11 is 0. The van der Waals surface area contributed by atoms with Crippen LogP contribution in [-0.2, 0) is 19.1 Å². The van der Waals surface area contributed by atoms with Crippen LogP contribution < -0.4 is 0 Å². The lowest BCUT2D eigenvalue weighted by atomic mass is 9.44. The van der Waals surface area contributed by atoms with Gasteiger partial charge >= 0.3 is 5.97 Å². The molecular weight excluding hydrogens is 550 g/mol. The molecule has 0 aromatic heterocycles. The fraction of sp³-hybridized carbons (Fsp3) is 0.781. The highest BCUT2D eigenvalue weighted by atomic mass is 19.1. The van der Waals surface area contributed by atoms with E-state index in [1.54, 1.807) is 20.8 Å². The Labute approximate surface area is 246 Å². The van der Waals surface area contributed by atoms with Crippen molar-refractivity contribution in [2.24, 2.45) is 28.6 Å². The zero-order valence-corrected chi connectivity index (χ0v) is 25.2. The van der Waals surface area contributed by atoms with E-state index in [2.05, 4.69) is 0 Å². The van der Waals surface area contributed by atoms with Gasteiger partial charge < -0.3 is 25.2 Å². The number of carboxylic acid groups (broad SMARTS) is 1. The van der Waals surface area contributed by atoms with Crippen molar-refractivity contribution in [3.63, 3.8) is 0 Å². The summed E-state index contributed by atoms with van der Waals surface area (Å²) in [5.74, 6) is -7.34. The van der Waals surface area contributed by atoms with Gasteiger partial charge in [0.15, 0.2) is 11.5 Å². The number of hydrogen-bond acceptors (Lipinski definition) is 7. The number of carboxylic acids is 1. The molecule has 4 aliphatic rings. The van der Waals surface area contributed by atoms with Gasteiger partial charge in [0, 0.05) is 29.6 Å². The highest BCUT2D eigenvalue weighted by Crippen LogP contribution is 2.71. The first-order valence-electron chi connectivity index (χ1n) is 15.3. The summed E-state index contributed by atoms with van der Waals surface area (Å²) in [7, 11) is 0. The van der Waals surface area contributed by atoms with Gasteiger partial charge in [0.05, 0.1) is 12.2 Å². The summed E-state index contributed by atoms with van der Waals surface area (Å²) in [6.45, 7) is 8.25. The Morgan fingerprint density at radius 2 is 1.86 bits per heavy atom. The van der Waals surface area contributed by atoms with E-state index in [4.69, 9.17) is 9.84 Å². The van der Waals surface area contributed by atoms with Gasteiger partial charge in [-0.3, -0.25) is 14.4 Å². The van der Waals surface area contributed by atoms with Gasteiger partial charge in [-0.05, 0) is 81.9 Å². The summed E-state index contributed by atoms with van der Waals surface area (Å²) in [6.07, 6.45) is 0.517. The molecule has 0 heterocycles. The molecule has 11 atom stereocenters. The molecule has 0 bridgehead atoms. The van der Waals surface area contributed by atoms with Crippen LogP contribution in [0.4, 0.5) is 8.78 Å². The average Bonchev–Trinajstić information content (AvgIpc) is 3.11. The SMILES string of the molecule is CCC(C)OC(O)(CCCCCC(=O)O)C(=O)[C@@]1(O)[C@H](C)C[C@H]2[C@@H]3C[C@H](F)C4=CC(=O)C=C[C@]4(C)[C@@]3(F)[C@@H](O)C[C@@]21C. The van der Waals surface area contributed by atoms with Crippen LogP contribution in [0, 0.1) is 28.6 Å². The molecule has 0 aromatic rings. The van der Waals surface area contributed by atoms with E-state index in [-0.39, 0.29) is 44.1 Å². The minimum absolute atomic E-state index is 0.00647.